The molecule has 1 aromatic heterocycles. The van der Waals surface area contributed by atoms with Crippen molar-refractivity contribution in [3.8, 4) is 11.3 Å². The van der Waals surface area contributed by atoms with E-state index in [1.165, 1.54) is 11.1 Å². The lowest BCUT2D eigenvalue weighted by atomic mass is 9.86. The lowest BCUT2D eigenvalue weighted by Crippen LogP contribution is -2.48. The van der Waals surface area contributed by atoms with Crippen LogP contribution in [0.1, 0.15) is 44.2 Å². The molecule has 0 saturated carbocycles. The van der Waals surface area contributed by atoms with Crippen LogP contribution in [0.5, 0.6) is 0 Å². The summed E-state index contributed by atoms with van der Waals surface area (Å²) in [6, 6.07) is 7.64. The number of fused-ring (bicyclic) bond motifs is 3. The molecule has 166 valence electrons. The third-order valence-corrected chi connectivity index (χ3v) is 6.81. The Morgan fingerprint density at radius 2 is 2.13 bits per heavy atom. The van der Waals surface area contributed by atoms with Crippen LogP contribution in [-0.4, -0.2) is 63.3 Å². The highest BCUT2D eigenvalue weighted by Crippen LogP contribution is 2.43. The van der Waals surface area contributed by atoms with Crippen LogP contribution in [0, 0.1) is 5.92 Å². The number of nitrogens with zero attached hydrogens (tertiary/aromatic N) is 3. The van der Waals surface area contributed by atoms with Crippen molar-refractivity contribution in [3.63, 3.8) is 0 Å². The number of amides is 1. The molecule has 2 aliphatic heterocycles. The lowest BCUT2D eigenvalue weighted by molar-refractivity contribution is -0.110. The Labute approximate surface area is 181 Å². The first-order chi connectivity index (χ1) is 14.9. The molecule has 31 heavy (non-hydrogen) atoms. The number of carboxylic acid groups (broad SMARTS) is 1. The molecule has 3 heterocycles. The average Bonchev–Trinajstić information content (AvgIpc) is 3.33. The van der Waals surface area contributed by atoms with Gasteiger partial charge in [-0.25, -0.2) is 14.2 Å². The molecule has 2 N–H and O–H groups in total. The zero-order valence-electron chi connectivity index (χ0n) is 17.7. The van der Waals surface area contributed by atoms with Gasteiger partial charge in [-0.2, -0.15) is 0 Å². The van der Waals surface area contributed by atoms with E-state index >= 15 is 4.39 Å². The van der Waals surface area contributed by atoms with Gasteiger partial charge in [-0.05, 0) is 37.2 Å². The van der Waals surface area contributed by atoms with Crippen molar-refractivity contribution in [2.75, 3.05) is 19.6 Å². The predicted molar refractivity (Wildman–Crippen MR) is 115 cm³/mol. The van der Waals surface area contributed by atoms with Gasteiger partial charge in [-0.15, -0.1) is 0 Å². The molecular formula is C23H29FN4O3. The molecule has 8 heteroatoms. The van der Waals surface area contributed by atoms with E-state index in [0.29, 0.717) is 45.2 Å². The predicted octanol–water partition coefficient (Wildman–Crippen LogP) is 3.51. The molecule has 0 radical (unpaired) electrons. The van der Waals surface area contributed by atoms with Crippen LogP contribution in [0.2, 0.25) is 0 Å². The van der Waals surface area contributed by atoms with Crippen molar-refractivity contribution in [1.82, 2.24) is 19.8 Å². The minimum absolute atomic E-state index is 0.120. The van der Waals surface area contributed by atoms with Crippen molar-refractivity contribution >= 4 is 12.4 Å². The fourth-order valence-corrected chi connectivity index (χ4v) is 4.98. The number of carbonyl (C=O) groups is 2. The minimum Gasteiger partial charge on any atom is -0.465 e. The Kier molecular flexibility index (Phi) is 6.09. The number of piperidine rings is 1. The first kappa shape index (κ1) is 21.5. The summed E-state index contributed by atoms with van der Waals surface area (Å²) in [7, 11) is 0. The average molecular weight is 429 g/mol. The second-order valence-corrected chi connectivity index (χ2v) is 8.87. The zero-order valence-corrected chi connectivity index (χ0v) is 17.7. The Bertz CT molecular complexity index is 938. The molecule has 7 nitrogen and oxygen atoms in total. The van der Waals surface area contributed by atoms with E-state index in [9.17, 15) is 9.59 Å². The highest BCUT2D eigenvalue weighted by molar-refractivity contribution is 5.71. The van der Waals surface area contributed by atoms with Gasteiger partial charge in [0.2, 0.25) is 0 Å². The van der Waals surface area contributed by atoms with Crippen LogP contribution in [0.25, 0.3) is 11.3 Å². The van der Waals surface area contributed by atoms with Gasteiger partial charge in [-0.1, -0.05) is 31.2 Å². The topological polar surface area (TPSA) is 87.5 Å². The van der Waals surface area contributed by atoms with Crippen molar-refractivity contribution in [3.05, 3.63) is 42.4 Å². The number of nitrogens with one attached hydrogen (secondary N) is 1. The molecule has 1 aromatic carbocycles. The molecule has 1 amide bonds. The van der Waals surface area contributed by atoms with Gasteiger partial charge in [0.1, 0.15) is 12.0 Å². The van der Waals surface area contributed by atoms with Gasteiger partial charge < -0.3 is 24.7 Å². The van der Waals surface area contributed by atoms with Gasteiger partial charge >= 0.3 is 6.09 Å². The number of carbonyl (C=O) groups excluding carboxylic acids is 1. The summed E-state index contributed by atoms with van der Waals surface area (Å²) in [4.78, 5) is 28.4. The molecule has 2 aromatic rings. The molecule has 1 saturated heterocycles. The number of aromatic nitrogens is 2. The van der Waals surface area contributed by atoms with Gasteiger partial charge in [0.25, 0.3) is 0 Å². The van der Waals surface area contributed by atoms with Crippen molar-refractivity contribution in [2.45, 2.75) is 50.4 Å². The van der Waals surface area contributed by atoms with Crippen LogP contribution >= 0.6 is 0 Å². The Morgan fingerprint density at radius 1 is 1.39 bits per heavy atom. The van der Waals surface area contributed by atoms with E-state index in [1.54, 1.807) is 0 Å². The third kappa shape index (κ3) is 4.49. The number of imidazole rings is 1. The summed E-state index contributed by atoms with van der Waals surface area (Å²) in [6.07, 6.45) is 5.24. The first-order valence-electron chi connectivity index (χ1n) is 10.9. The second kappa shape index (κ2) is 8.78. The van der Waals surface area contributed by atoms with E-state index in [4.69, 9.17) is 5.11 Å². The molecule has 1 fully saturated rings. The second-order valence-electron chi connectivity index (χ2n) is 8.87. The molecule has 0 aliphatic carbocycles. The van der Waals surface area contributed by atoms with Gasteiger partial charge in [0.05, 0.1) is 30.3 Å². The van der Waals surface area contributed by atoms with Crippen LogP contribution in [0.15, 0.2) is 36.8 Å². The molecule has 0 bridgehead atoms. The van der Waals surface area contributed by atoms with Gasteiger partial charge in [-0.3, -0.25) is 0 Å². The smallest absolute Gasteiger partial charge is 0.405 e. The summed E-state index contributed by atoms with van der Waals surface area (Å²) in [5, 5.41) is 11.1. The molecule has 4 rings (SSSR count). The van der Waals surface area contributed by atoms with E-state index in [-0.39, 0.29) is 12.0 Å². The lowest BCUT2D eigenvalue weighted by Gasteiger charge is -2.38. The monoisotopic (exact) mass is 428 g/mol. The maximum atomic E-state index is 15.6. The molecule has 2 aliphatic rings. The highest BCUT2D eigenvalue weighted by Gasteiger charge is 2.37. The number of halogens is 1. The summed E-state index contributed by atoms with van der Waals surface area (Å²) < 4.78 is 17.8. The Morgan fingerprint density at radius 3 is 2.84 bits per heavy atom. The van der Waals surface area contributed by atoms with Crippen LogP contribution in [0.4, 0.5) is 9.18 Å². The number of hydrogen-bond donors (Lipinski definition) is 2. The Balaban J connectivity index is 1.32. The fourth-order valence-electron chi connectivity index (χ4n) is 4.98. The van der Waals surface area contributed by atoms with E-state index in [2.05, 4.69) is 31.9 Å². The normalized spacial score (nSPS) is 21.7. The molecule has 0 spiro atoms. The largest absolute Gasteiger partial charge is 0.465 e. The van der Waals surface area contributed by atoms with Gasteiger partial charge in [0.15, 0.2) is 0 Å². The van der Waals surface area contributed by atoms with Gasteiger partial charge in [0, 0.05) is 25.2 Å². The maximum absolute atomic E-state index is 15.6. The summed E-state index contributed by atoms with van der Waals surface area (Å²) in [5.41, 5.74) is 2.31. The summed E-state index contributed by atoms with van der Waals surface area (Å²) in [5.74, 6) is -0.171. The number of benzene rings is 1. The van der Waals surface area contributed by atoms with Crippen molar-refractivity contribution in [2.24, 2.45) is 5.92 Å². The Hall–Kier alpha value is -2.74. The van der Waals surface area contributed by atoms with Crippen LogP contribution < -0.4 is 5.32 Å². The minimum atomic E-state index is -1.21. The van der Waals surface area contributed by atoms with E-state index < -0.39 is 17.8 Å². The molecular weight excluding hydrogens is 399 g/mol. The SMILES string of the molecule is CC(CN1CCC(F)(CCC2c3ccccc3-c3cncn32)CC1)C(C=O)NC(=O)O. The highest BCUT2D eigenvalue weighted by atomic mass is 19.1. The number of alkyl halides is 1. The molecule has 3 unspecified atom stereocenters. The number of likely N-dealkylation sites (tertiary alicyclic amines) is 1. The van der Waals surface area contributed by atoms with Crippen LogP contribution in [-0.2, 0) is 4.79 Å². The summed E-state index contributed by atoms with van der Waals surface area (Å²) in [6.45, 7) is 3.62. The number of aldehydes is 1. The van der Waals surface area contributed by atoms with E-state index in [1.807, 2.05) is 31.6 Å². The maximum Gasteiger partial charge on any atom is 0.405 e. The number of hydrogen-bond acceptors (Lipinski definition) is 4. The molecule has 3 atom stereocenters. The third-order valence-electron chi connectivity index (χ3n) is 6.81. The van der Waals surface area contributed by atoms with Crippen LogP contribution in [0.3, 0.4) is 0 Å². The summed E-state index contributed by atoms with van der Waals surface area (Å²) >= 11 is 0. The van der Waals surface area contributed by atoms with Crippen molar-refractivity contribution in [1.29, 1.82) is 0 Å². The fraction of sp³-hybridized carbons (Fsp3) is 0.522. The first-order valence-corrected chi connectivity index (χ1v) is 10.9. The quantitative estimate of drug-likeness (QED) is 0.629. The van der Waals surface area contributed by atoms with Crippen molar-refractivity contribution < 1.29 is 19.1 Å². The zero-order chi connectivity index (χ0) is 22.0. The standard InChI is InChI=1S/C23H29FN4O3/c1-16(19(14-29)26-22(30)31)13-27-10-8-23(24,9-11-27)7-6-20-17-4-2-3-5-18(17)21-12-25-15-28(20)21/h2-5,12,14-16,19-20,26H,6-11,13H2,1H3,(H,30,31). The van der Waals surface area contributed by atoms with E-state index in [0.717, 1.165) is 12.1 Å². The number of rotatable bonds is 8.